The largest absolute Gasteiger partial charge is 0.0654 e. The molecule has 0 aromatic rings. The molecule has 0 aromatic heterocycles. The van der Waals surface area contributed by atoms with Gasteiger partial charge in [0.05, 0.1) is 0 Å². The van der Waals surface area contributed by atoms with E-state index in [1.54, 1.807) is 0 Å². The number of hydrogen-bond acceptors (Lipinski definition) is 0. The Bertz CT molecular complexity index is 23.4. The molecule has 0 heterocycles. The molecule has 0 bridgehead atoms. The molecule has 0 aliphatic carbocycles. The highest BCUT2D eigenvalue weighted by Gasteiger charge is 1.80. The second-order valence-electron chi connectivity index (χ2n) is 1.91. The van der Waals surface area contributed by atoms with E-state index in [-0.39, 0.29) is 0 Å². The molecule has 1 heteroatoms. The SMILES string of the molecule is CCCCCC[SiH2]. The molecule has 0 saturated heterocycles. The van der Waals surface area contributed by atoms with Crippen LogP contribution < -0.4 is 0 Å². The van der Waals surface area contributed by atoms with Gasteiger partial charge in [-0.2, -0.15) is 0 Å². The van der Waals surface area contributed by atoms with Crippen molar-refractivity contribution >= 4 is 10.2 Å². The van der Waals surface area contributed by atoms with Gasteiger partial charge in [-0.25, -0.2) is 0 Å². The lowest BCUT2D eigenvalue weighted by Gasteiger charge is -1.90. The maximum Gasteiger partial charge on any atom is 0.00797 e. The third-order valence-electron chi connectivity index (χ3n) is 1.10. The summed E-state index contributed by atoms with van der Waals surface area (Å²) >= 11 is 0. The molecular formula is C6H15Si. The predicted molar refractivity (Wildman–Crippen MR) is 37.5 cm³/mol. The lowest BCUT2D eigenvalue weighted by Crippen LogP contribution is -1.72. The van der Waals surface area contributed by atoms with Gasteiger partial charge in [-0.3, -0.25) is 0 Å². The van der Waals surface area contributed by atoms with Gasteiger partial charge in [0.15, 0.2) is 0 Å². The smallest absolute Gasteiger partial charge is 0.00797 e. The van der Waals surface area contributed by atoms with Crippen LogP contribution in [0.2, 0.25) is 6.04 Å². The summed E-state index contributed by atoms with van der Waals surface area (Å²) in [5.41, 5.74) is 0. The zero-order valence-corrected chi connectivity index (χ0v) is 6.66. The summed E-state index contributed by atoms with van der Waals surface area (Å²) in [5.74, 6) is 0. The normalized spacial score (nSPS) is 9.43. The highest BCUT2D eigenvalue weighted by molar-refractivity contribution is 6.08. The minimum atomic E-state index is 1.36. The van der Waals surface area contributed by atoms with Crippen molar-refractivity contribution in [2.45, 2.75) is 38.7 Å². The first-order chi connectivity index (χ1) is 3.41. The second kappa shape index (κ2) is 6.22. The summed E-state index contributed by atoms with van der Waals surface area (Å²) in [7, 11) is 2.08. The highest BCUT2D eigenvalue weighted by Crippen LogP contribution is 1.99. The van der Waals surface area contributed by atoms with E-state index < -0.39 is 0 Å². The first-order valence-electron chi connectivity index (χ1n) is 3.21. The van der Waals surface area contributed by atoms with Gasteiger partial charge in [0, 0.05) is 10.2 Å². The number of rotatable bonds is 4. The molecule has 0 aromatic carbocycles. The molecular weight excluding hydrogens is 100 g/mol. The molecule has 0 fully saturated rings. The van der Waals surface area contributed by atoms with Crippen LogP contribution >= 0.6 is 0 Å². The molecule has 0 saturated carbocycles. The fourth-order valence-electron chi connectivity index (χ4n) is 0.604. The van der Waals surface area contributed by atoms with Crippen LogP contribution in [0.1, 0.15) is 32.6 Å². The zero-order chi connectivity index (χ0) is 5.54. The van der Waals surface area contributed by atoms with Crippen LogP contribution in [-0.4, -0.2) is 10.2 Å². The molecule has 0 amide bonds. The molecule has 0 nitrogen and oxygen atoms in total. The van der Waals surface area contributed by atoms with Crippen LogP contribution in [0.5, 0.6) is 0 Å². The standard InChI is InChI=1S/C6H15Si/c1-2-3-4-5-6-7/h2-7H2,1H3. The minimum absolute atomic E-state index is 1.36. The molecule has 0 spiro atoms. The van der Waals surface area contributed by atoms with E-state index in [1.165, 1.54) is 31.7 Å². The van der Waals surface area contributed by atoms with Crippen molar-refractivity contribution in [1.29, 1.82) is 0 Å². The molecule has 0 rings (SSSR count). The van der Waals surface area contributed by atoms with E-state index in [4.69, 9.17) is 0 Å². The van der Waals surface area contributed by atoms with E-state index in [9.17, 15) is 0 Å². The monoisotopic (exact) mass is 115 g/mol. The Labute approximate surface area is 49.7 Å². The Morgan fingerprint density at radius 1 is 1.14 bits per heavy atom. The van der Waals surface area contributed by atoms with E-state index in [1.807, 2.05) is 0 Å². The van der Waals surface area contributed by atoms with Crippen molar-refractivity contribution in [3.63, 3.8) is 0 Å². The van der Waals surface area contributed by atoms with Gasteiger partial charge in [-0.1, -0.05) is 38.7 Å². The summed E-state index contributed by atoms with van der Waals surface area (Å²) in [5, 5.41) is 0. The zero-order valence-electron chi connectivity index (χ0n) is 5.24. The van der Waals surface area contributed by atoms with Crippen LogP contribution in [-0.2, 0) is 0 Å². The Morgan fingerprint density at radius 2 is 1.86 bits per heavy atom. The Balaban J connectivity index is 2.45. The predicted octanol–water partition coefficient (Wildman–Crippen LogP) is 1.62. The summed E-state index contributed by atoms with van der Waals surface area (Å²) in [4.78, 5) is 0. The van der Waals surface area contributed by atoms with E-state index in [0.717, 1.165) is 0 Å². The third-order valence-corrected chi connectivity index (χ3v) is 1.60. The lowest BCUT2D eigenvalue weighted by molar-refractivity contribution is 0.701. The van der Waals surface area contributed by atoms with Crippen LogP contribution in [0.4, 0.5) is 0 Å². The fraction of sp³-hybridized carbons (Fsp3) is 1.00. The molecule has 7 heavy (non-hydrogen) atoms. The fourth-order valence-corrected chi connectivity index (χ4v) is 0.957. The minimum Gasteiger partial charge on any atom is -0.0654 e. The maximum absolute atomic E-state index is 2.25. The molecule has 0 unspecified atom stereocenters. The van der Waals surface area contributed by atoms with Crippen LogP contribution in [0.15, 0.2) is 0 Å². The Hall–Kier alpha value is 0.217. The van der Waals surface area contributed by atoms with Crippen molar-refractivity contribution in [2.75, 3.05) is 0 Å². The van der Waals surface area contributed by atoms with Gasteiger partial charge in [0.25, 0.3) is 0 Å². The summed E-state index contributed by atoms with van der Waals surface area (Å²) in [6, 6.07) is 1.39. The molecule has 0 aliphatic heterocycles. The third kappa shape index (κ3) is 6.22. The van der Waals surface area contributed by atoms with Gasteiger partial charge in [0.2, 0.25) is 0 Å². The van der Waals surface area contributed by atoms with Gasteiger partial charge in [-0.15, -0.1) is 0 Å². The maximum atomic E-state index is 2.25. The van der Waals surface area contributed by atoms with Gasteiger partial charge in [-0.05, 0) is 0 Å². The average Bonchev–Trinajstić information content (AvgIpc) is 1.69. The highest BCUT2D eigenvalue weighted by atomic mass is 28.1. The van der Waals surface area contributed by atoms with E-state index >= 15 is 0 Å². The Morgan fingerprint density at radius 3 is 2.29 bits per heavy atom. The van der Waals surface area contributed by atoms with Gasteiger partial charge >= 0.3 is 0 Å². The van der Waals surface area contributed by atoms with Crippen molar-refractivity contribution in [3.8, 4) is 0 Å². The first-order valence-corrected chi connectivity index (χ1v) is 4.21. The first kappa shape index (κ1) is 7.22. The quantitative estimate of drug-likeness (QED) is 0.386. The van der Waals surface area contributed by atoms with E-state index in [0.29, 0.717) is 0 Å². The van der Waals surface area contributed by atoms with Gasteiger partial charge in [0.1, 0.15) is 0 Å². The Kier molecular flexibility index (Phi) is 6.41. The van der Waals surface area contributed by atoms with Crippen molar-refractivity contribution in [3.05, 3.63) is 0 Å². The van der Waals surface area contributed by atoms with Crippen molar-refractivity contribution in [2.24, 2.45) is 0 Å². The number of unbranched alkanes of at least 4 members (excludes halogenated alkanes) is 3. The van der Waals surface area contributed by atoms with Gasteiger partial charge < -0.3 is 0 Å². The van der Waals surface area contributed by atoms with Crippen molar-refractivity contribution in [1.82, 2.24) is 0 Å². The topological polar surface area (TPSA) is 0 Å². The van der Waals surface area contributed by atoms with Crippen LogP contribution in [0.25, 0.3) is 0 Å². The molecule has 0 aliphatic rings. The summed E-state index contributed by atoms with van der Waals surface area (Å²) in [6.45, 7) is 2.25. The summed E-state index contributed by atoms with van der Waals surface area (Å²) in [6.07, 6.45) is 5.67. The van der Waals surface area contributed by atoms with E-state index in [2.05, 4.69) is 17.2 Å². The van der Waals surface area contributed by atoms with Crippen LogP contribution in [0.3, 0.4) is 0 Å². The van der Waals surface area contributed by atoms with Crippen LogP contribution in [0, 0.1) is 0 Å². The molecule has 43 valence electrons. The molecule has 0 atom stereocenters. The average molecular weight is 115 g/mol. The lowest BCUT2D eigenvalue weighted by atomic mass is 10.2. The summed E-state index contributed by atoms with van der Waals surface area (Å²) < 4.78 is 0. The number of hydrogen-bond donors (Lipinski definition) is 0. The molecule has 0 N–H and O–H groups in total. The van der Waals surface area contributed by atoms with Crippen molar-refractivity contribution < 1.29 is 0 Å². The molecule has 1 radical (unpaired) electrons. The second-order valence-corrected chi connectivity index (χ2v) is 2.62.